The van der Waals surface area contributed by atoms with E-state index in [1.54, 1.807) is 43.3 Å². The van der Waals surface area contributed by atoms with E-state index in [1.807, 2.05) is 36.4 Å². The molecule has 2 saturated heterocycles. The molecule has 12 nitrogen and oxygen atoms in total. The number of sulfonamides is 1. The molecular weight excluding hydrogens is 624 g/mol. The van der Waals surface area contributed by atoms with Crippen LogP contribution in [-0.2, 0) is 33.9 Å². The van der Waals surface area contributed by atoms with Crippen molar-refractivity contribution in [3.05, 3.63) is 90.5 Å². The van der Waals surface area contributed by atoms with Gasteiger partial charge in [-0.2, -0.15) is 4.31 Å². The van der Waals surface area contributed by atoms with Gasteiger partial charge in [0.15, 0.2) is 0 Å². The third kappa shape index (κ3) is 6.64. The fourth-order valence-electron chi connectivity index (χ4n) is 6.40. The molecule has 0 aliphatic carbocycles. The highest BCUT2D eigenvalue weighted by atomic mass is 32.2. The molecule has 3 aliphatic rings. The molecular formula is C34H36N4O8S. The normalized spacial score (nSPS) is 25.0. The number of piperazine rings is 1. The topological polar surface area (TPSA) is 151 Å². The molecule has 2 fully saturated rings. The van der Waals surface area contributed by atoms with Crippen LogP contribution in [0.1, 0.15) is 36.5 Å². The number of nitrogens with one attached hydrogen (secondary N) is 2. The monoisotopic (exact) mass is 660 g/mol. The molecule has 6 rings (SSSR count). The Bertz CT molecular complexity index is 1810. The fourth-order valence-corrected chi connectivity index (χ4v) is 7.90. The van der Waals surface area contributed by atoms with Crippen LogP contribution in [0.15, 0.2) is 89.8 Å². The minimum atomic E-state index is -4.04. The minimum absolute atomic E-state index is 0.0618. The van der Waals surface area contributed by atoms with Gasteiger partial charge >= 0.3 is 5.97 Å². The van der Waals surface area contributed by atoms with E-state index < -0.39 is 64.2 Å². The Morgan fingerprint density at radius 3 is 2.43 bits per heavy atom. The van der Waals surface area contributed by atoms with Gasteiger partial charge in [-0.05, 0) is 48.7 Å². The summed E-state index contributed by atoms with van der Waals surface area (Å²) in [6, 6.07) is 16.8. The molecule has 0 aromatic heterocycles. The second-order valence-electron chi connectivity index (χ2n) is 11.7. The van der Waals surface area contributed by atoms with Crippen molar-refractivity contribution in [1.29, 1.82) is 0 Å². The highest BCUT2D eigenvalue weighted by molar-refractivity contribution is 7.89. The first-order valence-corrected chi connectivity index (χ1v) is 17.0. The lowest BCUT2D eigenvalue weighted by Gasteiger charge is -2.47. The number of fused-ring (bicyclic) bond motifs is 2. The third-order valence-electron chi connectivity index (χ3n) is 8.66. The number of hydrogen-bond donors (Lipinski definition) is 2. The van der Waals surface area contributed by atoms with E-state index in [-0.39, 0.29) is 43.9 Å². The van der Waals surface area contributed by atoms with Gasteiger partial charge in [-0.25, -0.2) is 8.42 Å². The number of carbonyl (C=O) groups is 4. The summed E-state index contributed by atoms with van der Waals surface area (Å²) in [6.45, 7) is 1.56. The van der Waals surface area contributed by atoms with Crippen molar-refractivity contribution in [2.24, 2.45) is 0 Å². The molecule has 2 unspecified atom stereocenters. The summed E-state index contributed by atoms with van der Waals surface area (Å²) in [6.07, 6.45) is 2.93. The van der Waals surface area contributed by atoms with Crippen LogP contribution >= 0.6 is 0 Å². The Morgan fingerprint density at radius 2 is 1.64 bits per heavy atom. The van der Waals surface area contributed by atoms with Crippen LogP contribution in [0.2, 0.25) is 0 Å². The van der Waals surface area contributed by atoms with Crippen LogP contribution < -0.4 is 10.6 Å². The quantitative estimate of drug-likeness (QED) is 0.276. The molecule has 0 radical (unpaired) electrons. The van der Waals surface area contributed by atoms with Gasteiger partial charge in [0.25, 0.3) is 5.91 Å². The van der Waals surface area contributed by atoms with Crippen LogP contribution in [-0.4, -0.2) is 91.5 Å². The second kappa shape index (κ2) is 13.6. The Kier molecular flexibility index (Phi) is 9.39. The predicted molar refractivity (Wildman–Crippen MR) is 171 cm³/mol. The summed E-state index contributed by atoms with van der Waals surface area (Å²) < 4.78 is 39.5. The Balaban J connectivity index is 1.32. The third-order valence-corrected chi connectivity index (χ3v) is 10.5. The van der Waals surface area contributed by atoms with E-state index in [4.69, 9.17) is 9.47 Å². The second-order valence-corrected chi connectivity index (χ2v) is 13.6. The molecule has 246 valence electrons. The smallest absolute Gasteiger partial charge is 0.310 e. The minimum Gasteiger partial charge on any atom is -0.433 e. The van der Waals surface area contributed by atoms with E-state index in [0.717, 1.165) is 10.8 Å². The Labute approximate surface area is 272 Å². The zero-order valence-electron chi connectivity index (χ0n) is 25.8. The molecule has 3 aromatic carbocycles. The van der Waals surface area contributed by atoms with Crippen molar-refractivity contribution in [2.75, 3.05) is 19.7 Å². The zero-order valence-corrected chi connectivity index (χ0v) is 26.6. The molecule has 3 heterocycles. The lowest BCUT2D eigenvalue weighted by Crippen LogP contribution is -2.68. The summed E-state index contributed by atoms with van der Waals surface area (Å²) in [4.78, 5) is 55.6. The maximum atomic E-state index is 14.4. The van der Waals surface area contributed by atoms with Crippen LogP contribution in [0.3, 0.4) is 0 Å². The maximum Gasteiger partial charge on any atom is 0.310 e. The summed E-state index contributed by atoms with van der Waals surface area (Å²) in [5.74, 6) is -2.16. The molecule has 0 bridgehead atoms. The molecule has 5 atom stereocenters. The molecule has 47 heavy (non-hydrogen) atoms. The Morgan fingerprint density at radius 1 is 0.915 bits per heavy atom. The number of ether oxygens (including phenoxy) is 2. The summed E-state index contributed by atoms with van der Waals surface area (Å²) in [7, 11) is -4.04. The van der Waals surface area contributed by atoms with Gasteiger partial charge in [0.05, 0.1) is 11.3 Å². The molecule has 0 spiro atoms. The van der Waals surface area contributed by atoms with Gasteiger partial charge in [0, 0.05) is 31.3 Å². The van der Waals surface area contributed by atoms with Gasteiger partial charge in [-0.3, -0.25) is 19.2 Å². The van der Waals surface area contributed by atoms with Gasteiger partial charge in [-0.1, -0.05) is 66.7 Å². The van der Waals surface area contributed by atoms with Crippen molar-refractivity contribution >= 4 is 44.5 Å². The van der Waals surface area contributed by atoms with E-state index in [0.29, 0.717) is 5.56 Å². The predicted octanol–water partition coefficient (Wildman–Crippen LogP) is 2.35. The first kappa shape index (κ1) is 32.4. The van der Waals surface area contributed by atoms with Crippen LogP contribution in [0.5, 0.6) is 0 Å². The number of nitrogens with zero attached hydrogens (tertiary/aromatic N) is 2. The van der Waals surface area contributed by atoms with Gasteiger partial charge < -0.3 is 25.0 Å². The van der Waals surface area contributed by atoms with Gasteiger partial charge in [-0.15, -0.1) is 0 Å². The number of esters is 1. The van der Waals surface area contributed by atoms with Crippen LogP contribution in [0.25, 0.3) is 10.8 Å². The lowest BCUT2D eigenvalue weighted by molar-refractivity contribution is -0.165. The summed E-state index contributed by atoms with van der Waals surface area (Å²) >= 11 is 0. The van der Waals surface area contributed by atoms with E-state index in [2.05, 4.69) is 10.6 Å². The summed E-state index contributed by atoms with van der Waals surface area (Å²) in [5.41, 5.74) is 0.402. The number of benzene rings is 3. The SMILES string of the molecule is CCOC1OC(=O)CC1NC(=O)[C@@H]1CN(S(=O)(=O)c2ccccc2)C[C@@H]2CC=CC[C@H](NC(=O)c3cccc4ccccc34)C(=O)N21. The molecule has 3 amide bonds. The summed E-state index contributed by atoms with van der Waals surface area (Å²) in [5, 5.41) is 7.27. The molecule has 0 saturated carbocycles. The van der Waals surface area contributed by atoms with Crippen LogP contribution in [0, 0.1) is 0 Å². The molecule has 13 heteroatoms. The van der Waals surface area contributed by atoms with E-state index in [1.165, 1.54) is 21.3 Å². The number of amides is 3. The number of rotatable bonds is 8. The van der Waals surface area contributed by atoms with E-state index >= 15 is 0 Å². The highest BCUT2D eigenvalue weighted by Gasteiger charge is 2.48. The molecule has 3 aromatic rings. The average Bonchev–Trinajstić information content (AvgIpc) is 3.42. The maximum absolute atomic E-state index is 14.4. The van der Waals surface area contributed by atoms with Crippen molar-refractivity contribution < 1.29 is 37.1 Å². The first-order valence-electron chi connectivity index (χ1n) is 15.6. The fraction of sp³-hybridized carbons (Fsp3) is 0.353. The largest absolute Gasteiger partial charge is 0.433 e. The van der Waals surface area contributed by atoms with Crippen molar-refractivity contribution in [2.45, 2.75) is 61.5 Å². The van der Waals surface area contributed by atoms with Crippen molar-refractivity contribution in [3.8, 4) is 0 Å². The van der Waals surface area contributed by atoms with Gasteiger partial charge in [0.1, 0.15) is 18.1 Å². The number of carbonyl (C=O) groups excluding carboxylic acids is 4. The van der Waals surface area contributed by atoms with Gasteiger partial charge in [0.2, 0.25) is 28.1 Å². The number of hydrogen-bond acceptors (Lipinski definition) is 8. The van der Waals surface area contributed by atoms with Crippen molar-refractivity contribution in [1.82, 2.24) is 19.8 Å². The first-order chi connectivity index (χ1) is 22.7. The highest BCUT2D eigenvalue weighted by Crippen LogP contribution is 2.29. The number of cyclic esters (lactones) is 1. The zero-order chi connectivity index (χ0) is 33.1. The lowest BCUT2D eigenvalue weighted by atomic mass is 9.97. The Hall–Kier alpha value is -4.59. The molecule has 2 N–H and O–H groups in total. The van der Waals surface area contributed by atoms with Crippen molar-refractivity contribution in [3.63, 3.8) is 0 Å². The van der Waals surface area contributed by atoms with Crippen LogP contribution in [0.4, 0.5) is 0 Å². The molecule has 3 aliphatic heterocycles. The van der Waals surface area contributed by atoms with E-state index in [9.17, 15) is 27.6 Å². The average molecular weight is 661 g/mol. The standard InChI is InChI=1S/C34H36N4O8S/c1-2-45-34-28(19-30(39)46-34)36-32(41)29-21-37(47(43,44)24-14-4-3-5-15-24)20-23-13-7-9-18-27(33(42)38(23)29)35-31(40)26-17-10-12-22-11-6-8-16-25(22)26/h3-12,14-17,23,27-29,34H,2,13,18-21H2,1H3,(H,35,40)(H,36,41)/t23-,27-,28?,29-,34?/m0/s1.